The lowest BCUT2D eigenvalue weighted by Gasteiger charge is -2.46. The number of carboxylic acid groups (broad SMARTS) is 2. The molecule has 2 fully saturated rings. The van der Waals surface area contributed by atoms with Gasteiger partial charge in [0.15, 0.2) is 0 Å². The maximum atomic E-state index is 12.7. The van der Waals surface area contributed by atoms with Crippen molar-refractivity contribution in [1.82, 2.24) is 10.2 Å². The van der Waals surface area contributed by atoms with E-state index in [2.05, 4.69) is 10.6 Å². The van der Waals surface area contributed by atoms with Gasteiger partial charge in [0.05, 0.1) is 29.7 Å². The molecule has 0 saturated carbocycles. The van der Waals surface area contributed by atoms with Crippen LogP contribution in [0.15, 0.2) is 34.9 Å². The van der Waals surface area contributed by atoms with Crippen molar-refractivity contribution in [2.75, 3.05) is 11.9 Å². The second-order valence-corrected chi connectivity index (χ2v) is 9.93. The van der Waals surface area contributed by atoms with Crippen molar-refractivity contribution < 1.29 is 34.5 Å². The minimum Gasteiger partial charge on any atom is -0.478 e. The first-order chi connectivity index (χ1) is 15.6. The van der Waals surface area contributed by atoms with Crippen LogP contribution in [-0.4, -0.2) is 74.0 Å². The Kier molecular flexibility index (Phi) is 6.21. The van der Waals surface area contributed by atoms with Crippen LogP contribution in [0.2, 0.25) is 0 Å². The van der Waals surface area contributed by atoms with E-state index < -0.39 is 30.0 Å². The van der Waals surface area contributed by atoms with E-state index in [4.69, 9.17) is 5.11 Å². The third kappa shape index (κ3) is 4.11. The number of nitrogens with zero attached hydrogens (tertiary/aromatic N) is 1. The molecule has 3 aliphatic rings. The number of carbonyl (C=O) groups excluding carboxylic acids is 2. The van der Waals surface area contributed by atoms with Gasteiger partial charge in [0.1, 0.15) is 5.70 Å². The van der Waals surface area contributed by atoms with Gasteiger partial charge in [-0.2, -0.15) is 0 Å². The van der Waals surface area contributed by atoms with Crippen LogP contribution in [0.3, 0.4) is 0 Å². The van der Waals surface area contributed by atoms with Crippen molar-refractivity contribution in [2.45, 2.75) is 43.7 Å². The number of hydrogen-bond acceptors (Lipinski definition) is 7. The van der Waals surface area contributed by atoms with Crippen LogP contribution in [-0.2, 0) is 14.4 Å². The normalized spacial score (nSPS) is 29.5. The van der Waals surface area contributed by atoms with Crippen molar-refractivity contribution in [3.05, 3.63) is 40.4 Å². The van der Waals surface area contributed by atoms with Gasteiger partial charge in [0.2, 0.25) is 11.8 Å². The third-order valence-electron chi connectivity index (χ3n) is 6.39. The molecule has 0 unspecified atom stereocenters. The lowest BCUT2D eigenvalue weighted by atomic mass is 9.79. The molecule has 3 aliphatic heterocycles. The predicted molar refractivity (Wildman–Crippen MR) is 119 cm³/mol. The van der Waals surface area contributed by atoms with E-state index >= 15 is 0 Å². The fourth-order valence-electron chi connectivity index (χ4n) is 4.81. The topological polar surface area (TPSA) is 156 Å². The first-order valence-corrected chi connectivity index (χ1v) is 11.5. The highest BCUT2D eigenvalue weighted by molar-refractivity contribution is 8.03. The number of anilines is 1. The highest BCUT2D eigenvalue weighted by atomic mass is 32.2. The number of aliphatic carboxylic acids is 1. The van der Waals surface area contributed by atoms with E-state index in [1.165, 1.54) is 35.7 Å². The number of benzene rings is 1. The van der Waals surface area contributed by atoms with Gasteiger partial charge < -0.3 is 30.9 Å². The van der Waals surface area contributed by atoms with Gasteiger partial charge in [-0.05, 0) is 31.5 Å². The second-order valence-electron chi connectivity index (χ2n) is 8.58. The zero-order valence-corrected chi connectivity index (χ0v) is 18.8. The average Bonchev–Trinajstić information content (AvgIpc) is 3.30. The Labute approximate surface area is 194 Å². The molecule has 11 heteroatoms. The molecular formula is C22H25N3O7S. The highest BCUT2D eigenvalue weighted by Crippen LogP contribution is 2.51. The third-order valence-corrected chi connectivity index (χ3v) is 7.90. The van der Waals surface area contributed by atoms with Gasteiger partial charge in [-0.15, -0.1) is 11.8 Å². The van der Waals surface area contributed by atoms with Crippen molar-refractivity contribution in [3.8, 4) is 0 Å². The summed E-state index contributed by atoms with van der Waals surface area (Å²) in [6, 6.07) is 5.07. The molecule has 1 aromatic carbocycles. The molecule has 1 aromatic rings. The van der Waals surface area contributed by atoms with Crippen LogP contribution < -0.4 is 10.6 Å². The van der Waals surface area contributed by atoms with Crippen LogP contribution >= 0.6 is 11.8 Å². The van der Waals surface area contributed by atoms with E-state index in [1.54, 1.807) is 12.1 Å². The van der Waals surface area contributed by atoms with E-state index in [1.807, 2.05) is 6.92 Å². The molecule has 6 atom stereocenters. The molecule has 176 valence electrons. The first-order valence-electron chi connectivity index (χ1n) is 10.6. The zero-order valence-electron chi connectivity index (χ0n) is 18.0. The number of carbonyl (C=O) groups is 4. The number of aromatic carboxylic acids is 1. The van der Waals surface area contributed by atoms with E-state index in [-0.39, 0.29) is 40.3 Å². The number of aliphatic hydroxyl groups excluding tert-OH is 1. The molecule has 0 aromatic heterocycles. The van der Waals surface area contributed by atoms with Crippen molar-refractivity contribution in [3.63, 3.8) is 0 Å². The van der Waals surface area contributed by atoms with E-state index in [9.17, 15) is 29.4 Å². The Morgan fingerprint density at radius 2 is 1.97 bits per heavy atom. The van der Waals surface area contributed by atoms with Crippen molar-refractivity contribution in [2.24, 2.45) is 11.8 Å². The fraction of sp³-hybridized carbons (Fsp3) is 0.455. The number of fused-ring (bicyclic) bond motifs is 1. The molecule has 10 nitrogen and oxygen atoms in total. The summed E-state index contributed by atoms with van der Waals surface area (Å²) in [7, 11) is 0. The summed E-state index contributed by atoms with van der Waals surface area (Å²) in [4.78, 5) is 50.1. The lowest BCUT2D eigenvalue weighted by Crippen LogP contribution is -2.63. The summed E-state index contributed by atoms with van der Waals surface area (Å²) in [6.45, 7) is 3.87. The van der Waals surface area contributed by atoms with Crippen LogP contribution in [0.1, 0.15) is 30.6 Å². The minimum absolute atomic E-state index is 0.0298. The van der Waals surface area contributed by atoms with Crippen molar-refractivity contribution in [1.29, 1.82) is 0 Å². The summed E-state index contributed by atoms with van der Waals surface area (Å²) in [5, 5.41) is 34.6. The number of thioether (sulfide) groups is 1. The minimum atomic E-state index is -1.18. The molecule has 4 rings (SSSR count). The monoisotopic (exact) mass is 475 g/mol. The maximum Gasteiger partial charge on any atom is 0.353 e. The quantitative estimate of drug-likeness (QED) is 0.362. The van der Waals surface area contributed by atoms with E-state index in [0.29, 0.717) is 23.6 Å². The molecule has 2 saturated heterocycles. The van der Waals surface area contributed by atoms with Gasteiger partial charge in [-0.25, -0.2) is 9.59 Å². The largest absolute Gasteiger partial charge is 0.478 e. The van der Waals surface area contributed by atoms with Gasteiger partial charge in [0, 0.05) is 28.3 Å². The summed E-state index contributed by atoms with van der Waals surface area (Å²) in [5.41, 5.74) is 0.418. The van der Waals surface area contributed by atoms with Gasteiger partial charge in [-0.1, -0.05) is 13.0 Å². The Balaban J connectivity index is 1.43. The first kappa shape index (κ1) is 23.3. The molecular weight excluding hydrogens is 450 g/mol. The SMILES string of the molecule is C[C@H](O)[C@H]1C(=O)N2C(C(=O)O)=C(S[C@H]3CN[C@@H](C(=O)Nc4cccc(C(=O)O)c4)C3)[C@H](C)[C@@H]12. The lowest BCUT2D eigenvalue weighted by molar-refractivity contribution is -0.163. The highest BCUT2D eigenvalue weighted by Gasteiger charge is 2.60. The molecule has 5 N–H and O–H groups in total. The maximum absolute atomic E-state index is 12.7. The van der Waals surface area contributed by atoms with E-state index in [0.717, 1.165) is 0 Å². The standard InChI is InChI=1S/C22H25N3O7S/c1-9-16-15(10(2)26)20(28)25(16)17(22(31)32)18(9)33-13-7-14(23-8-13)19(27)24-12-5-3-4-11(6-12)21(29)30/h3-6,9-10,13-16,23,26H,7-8H2,1-2H3,(H,24,27)(H,29,30)(H,31,32)/t9-,10+,13-,14-,15-,16+/m1/s1. The Morgan fingerprint density at radius 3 is 2.61 bits per heavy atom. The van der Waals surface area contributed by atoms with Crippen LogP contribution in [0.25, 0.3) is 0 Å². The molecule has 0 aliphatic carbocycles. The second kappa shape index (κ2) is 8.81. The Morgan fingerprint density at radius 1 is 1.24 bits per heavy atom. The average molecular weight is 476 g/mol. The molecule has 0 bridgehead atoms. The number of nitrogens with one attached hydrogen (secondary N) is 2. The number of amides is 2. The Bertz CT molecular complexity index is 1060. The number of carboxylic acids is 2. The smallest absolute Gasteiger partial charge is 0.353 e. The molecule has 3 heterocycles. The zero-order chi connectivity index (χ0) is 24.0. The van der Waals surface area contributed by atoms with Crippen LogP contribution in [0.5, 0.6) is 0 Å². The summed E-state index contributed by atoms with van der Waals surface area (Å²) >= 11 is 1.36. The molecule has 0 radical (unpaired) electrons. The molecule has 0 spiro atoms. The number of β-lactam (4-membered cyclic amide) rings is 1. The fourth-order valence-corrected chi connectivity index (χ4v) is 6.29. The molecule has 2 amide bonds. The number of hydrogen-bond donors (Lipinski definition) is 5. The Hall–Kier alpha value is -2.89. The van der Waals surface area contributed by atoms with Crippen molar-refractivity contribution >= 4 is 41.2 Å². The summed E-state index contributed by atoms with van der Waals surface area (Å²) < 4.78 is 0. The van der Waals surface area contributed by atoms with Gasteiger partial charge in [0.25, 0.3) is 0 Å². The molecule has 33 heavy (non-hydrogen) atoms. The van der Waals surface area contributed by atoms with Crippen LogP contribution in [0.4, 0.5) is 5.69 Å². The number of rotatable bonds is 7. The predicted octanol–water partition coefficient (Wildman–Crippen LogP) is 0.941. The van der Waals surface area contributed by atoms with Gasteiger partial charge >= 0.3 is 11.9 Å². The van der Waals surface area contributed by atoms with Gasteiger partial charge in [-0.3, -0.25) is 9.59 Å². The van der Waals surface area contributed by atoms with Crippen LogP contribution in [0, 0.1) is 11.8 Å². The summed E-state index contributed by atoms with van der Waals surface area (Å²) in [6.07, 6.45) is -0.419. The number of aliphatic hydroxyl groups is 1. The summed E-state index contributed by atoms with van der Waals surface area (Å²) in [5.74, 6) is -3.79.